The molecule has 0 bridgehead atoms. The van der Waals surface area contributed by atoms with Crippen LogP contribution in [0.25, 0.3) is 22.8 Å². The highest BCUT2D eigenvalue weighted by Crippen LogP contribution is 2.28. The normalized spacial score (nSPS) is 11.9. The van der Waals surface area contributed by atoms with E-state index in [-0.39, 0.29) is 6.10 Å². The molecule has 0 radical (unpaired) electrons. The van der Waals surface area contributed by atoms with Gasteiger partial charge in [-0.1, -0.05) is 59.2 Å². The lowest BCUT2D eigenvalue weighted by atomic mass is 10.1. The van der Waals surface area contributed by atoms with Crippen molar-refractivity contribution in [2.24, 2.45) is 0 Å². The molecule has 4 nitrogen and oxygen atoms in total. The van der Waals surface area contributed by atoms with Gasteiger partial charge in [0.05, 0.1) is 0 Å². The smallest absolute Gasteiger partial charge is 0.258 e. The van der Waals surface area contributed by atoms with Crippen LogP contribution in [0.5, 0.6) is 5.75 Å². The fraction of sp³-hybridized carbons (Fsp3) is 0.0909. The van der Waals surface area contributed by atoms with E-state index < -0.39 is 0 Å². The third kappa shape index (κ3) is 4.01. The topological polar surface area (TPSA) is 48.2 Å². The summed E-state index contributed by atoms with van der Waals surface area (Å²) >= 11 is 5.92. The molecule has 3 aromatic carbocycles. The highest BCUT2D eigenvalue weighted by molar-refractivity contribution is 6.30. The Kier molecular flexibility index (Phi) is 4.90. The average molecular weight is 377 g/mol. The zero-order chi connectivity index (χ0) is 18.6. The quantitative estimate of drug-likeness (QED) is 0.416. The number of rotatable bonds is 5. The molecule has 0 spiro atoms. The molecule has 0 aliphatic heterocycles. The number of hydrogen-bond acceptors (Lipinski definition) is 4. The monoisotopic (exact) mass is 376 g/mol. The van der Waals surface area contributed by atoms with Crippen molar-refractivity contribution in [3.63, 3.8) is 0 Å². The second-order valence-electron chi connectivity index (χ2n) is 6.13. The molecule has 0 saturated heterocycles. The molecule has 0 fully saturated rings. The van der Waals surface area contributed by atoms with Crippen molar-refractivity contribution in [3.8, 4) is 28.6 Å². The van der Waals surface area contributed by atoms with Gasteiger partial charge < -0.3 is 9.26 Å². The number of ether oxygens (including phenoxy) is 1. The molecular formula is C22H17ClN2O2. The van der Waals surface area contributed by atoms with Gasteiger partial charge in [0.2, 0.25) is 5.82 Å². The van der Waals surface area contributed by atoms with Crippen molar-refractivity contribution in [1.82, 2.24) is 10.1 Å². The number of aromatic nitrogens is 2. The summed E-state index contributed by atoms with van der Waals surface area (Å²) in [6.07, 6.45) is -0.0589. The summed E-state index contributed by atoms with van der Waals surface area (Å²) in [5, 5.41) is 4.75. The van der Waals surface area contributed by atoms with E-state index in [0.29, 0.717) is 16.7 Å². The molecule has 1 atom stereocenters. The van der Waals surface area contributed by atoms with E-state index in [2.05, 4.69) is 10.1 Å². The van der Waals surface area contributed by atoms with Gasteiger partial charge in [0, 0.05) is 16.1 Å². The molecule has 0 amide bonds. The largest absolute Gasteiger partial charge is 0.486 e. The first kappa shape index (κ1) is 17.3. The molecule has 4 aromatic rings. The van der Waals surface area contributed by atoms with Gasteiger partial charge in [-0.15, -0.1) is 0 Å². The minimum absolute atomic E-state index is 0.0589. The van der Waals surface area contributed by atoms with Crippen LogP contribution in [-0.2, 0) is 0 Å². The maximum absolute atomic E-state index is 6.07. The van der Waals surface area contributed by atoms with Crippen LogP contribution in [0.3, 0.4) is 0 Å². The third-order valence-electron chi connectivity index (χ3n) is 4.19. The Hall–Kier alpha value is -3.11. The van der Waals surface area contributed by atoms with Crippen LogP contribution in [0.1, 0.15) is 18.6 Å². The molecule has 0 aliphatic rings. The Balaban J connectivity index is 1.55. The molecule has 0 aliphatic carbocycles. The maximum Gasteiger partial charge on any atom is 0.258 e. The van der Waals surface area contributed by atoms with Crippen molar-refractivity contribution >= 4 is 11.6 Å². The third-order valence-corrected chi connectivity index (χ3v) is 4.44. The molecule has 27 heavy (non-hydrogen) atoms. The van der Waals surface area contributed by atoms with E-state index in [9.17, 15) is 0 Å². The summed E-state index contributed by atoms with van der Waals surface area (Å²) in [6, 6.07) is 25.0. The Morgan fingerprint density at radius 3 is 2.44 bits per heavy atom. The predicted octanol–water partition coefficient (Wildman–Crippen LogP) is 6.20. The first-order chi connectivity index (χ1) is 13.2. The lowest BCUT2D eigenvalue weighted by Gasteiger charge is -2.15. The zero-order valence-electron chi connectivity index (χ0n) is 14.7. The van der Waals surface area contributed by atoms with Crippen LogP contribution < -0.4 is 4.74 Å². The van der Waals surface area contributed by atoms with Gasteiger partial charge in [0.15, 0.2) is 0 Å². The summed E-state index contributed by atoms with van der Waals surface area (Å²) < 4.78 is 11.5. The zero-order valence-corrected chi connectivity index (χ0v) is 15.4. The second kappa shape index (κ2) is 7.64. The predicted molar refractivity (Wildman–Crippen MR) is 106 cm³/mol. The Bertz CT molecular complexity index is 1030. The number of benzene rings is 3. The van der Waals surface area contributed by atoms with Crippen molar-refractivity contribution in [1.29, 1.82) is 0 Å². The summed E-state index contributed by atoms with van der Waals surface area (Å²) in [7, 11) is 0. The first-order valence-electron chi connectivity index (χ1n) is 8.61. The second-order valence-corrected chi connectivity index (χ2v) is 6.57. The van der Waals surface area contributed by atoms with Crippen LogP contribution >= 0.6 is 11.6 Å². The van der Waals surface area contributed by atoms with E-state index in [1.807, 2.05) is 73.7 Å². The lowest BCUT2D eigenvalue weighted by Crippen LogP contribution is -2.02. The van der Waals surface area contributed by atoms with Gasteiger partial charge in [-0.2, -0.15) is 4.98 Å². The minimum Gasteiger partial charge on any atom is -0.486 e. The molecule has 5 heteroatoms. The summed E-state index contributed by atoms with van der Waals surface area (Å²) in [5.41, 5.74) is 2.77. The van der Waals surface area contributed by atoms with E-state index in [1.165, 1.54) is 0 Å². The molecule has 1 heterocycles. The number of halogens is 1. The molecule has 1 aromatic heterocycles. The van der Waals surface area contributed by atoms with E-state index in [4.69, 9.17) is 20.9 Å². The fourth-order valence-electron chi connectivity index (χ4n) is 2.76. The number of nitrogens with zero attached hydrogens (tertiary/aromatic N) is 2. The summed E-state index contributed by atoms with van der Waals surface area (Å²) in [5.74, 6) is 1.71. The molecule has 134 valence electrons. The van der Waals surface area contributed by atoms with Crippen molar-refractivity contribution in [2.45, 2.75) is 13.0 Å². The van der Waals surface area contributed by atoms with Crippen LogP contribution in [-0.4, -0.2) is 10.1 Å². The molecule has 0 saturated carbocycles. The van der Waals surface area contributed by atoms with E-state index in [0.717, 1.165) is 22.4 Å². The maximum atomic E-state index is 6.07. The summed E-state index contributed by atoms with van der Waals surface area (Å²) in [4.78, 5) is 4.48. The van der Waals surface area contributed by atoms with Crippen LogP contribution in [0.4, 0.5) is 0 Å². The van der Waals surface area contributed by atoms with Gasteiger partial charge in [-0.3, -0.25) is 0 Å². The minimum atomic E-state index is -0.0589. The summed E-state index contributed by atoms with van der Waals surface area (Å²) in [6.45, 7) is 2.02. The molecule has 4 rings (SSSR count). The van der Waals surface area contributed by atoms with Crippen LogP contribution in [0.15, 0.2) is 83.4 Å². The van der Waals surface area contributed by atoms with Gasteiger partial charge in [-0.05, 0) is 48.9 Å². The average Bonchev–Trinajstić information content (AvgIpc) is 3.20. The van der Waals surface area contributed by atoms with Gasteiger partial charge in [-0.25, -0.2) is 0 Å². The first-order valence-corrected chi connectivity index (χ1v) is 8.98. The van der Waals surface area contributed by atoms with Gasteiger partial charge in [0.25, 0.3) is 5.89 Å². The Labute approximate surface area is 162 Å². The van der Waals surface area contributed by atoms with Gasteiger partial charge in [0.1, 0.15) is 11.9 Å². The molecule has 0 unspecified atom stereocenters. The number of hydrogen-bond donors (Lipinski definition) is 0. The van der Waals surface area contributed by atoms with E-state index >= 15 is 0 Å². The lowest BCUT2D eigenvalue weighted by molar-refractivity contribution is 0.227. The van der Waals surface area contributed by atoms with Crippen molar-refractivity contribution < 1.29 is 9.26 Å². The van der Waals surface area contributed by atoms with Gasteiger partial charge >= 0.3 is 0 Å². The van der Waals surface area contributed by atoms with E-state index in [1.54, 1.807) is 12.1 Å². The fourth-order valence-corrected chi connectivity index (χ4v) is 2.88. The molecule has 0 N–H and O–H groups in total. The van der Waals surface area contributed by atoms with Crippen molar-refractivity contribution in [3.05, 3.63) is 89.4 Å². The van der Waals surface area contributed by atoms with Crippen LogP contribution in [0, 0.1) is 0 Å². The van der Waals surface area contributed by atoms with Crippen LogP contribution in [0.2, 0.25) is 5.02 Å². The molecular weight excluding hydrogens is 360 g/mol. The van der Waals surface area contributed by atoms with Crippen molar-refractivity contribution in [2.75, 3.05) is 0 Å². The Morgan fingerprint density at radius 1 is 0.889 bits per heavy atom. The SMILES string of the molecule is C[C@H](Oc1cccc(-c2noc(-c3ccc(Cl)cc3)n2)c1)c1ccccc1. The highest BCUT2D eigenvalue weighted by atomic mass is 35.5. The standard InChI is InChI=1S/C22H17ClN2O2/c1-15(16-6-3-2-4-7-16)26-20-9-5-8-18(14-20)21-24-22(27-25-21)17-10-12-19(23)13-11-17/h2-15H,1H3/t15-/m0/s1. The Morgan fingerprint density at radius 2 is 1.67 bits per heavy atom. The highest BCUT2D eigenvalue weighted by Gasteiger charge is 2.12.